The van der Waals surface area contributed by atoms with Gasteiger partial charge in [0, 0.05) is 6.04 Å². The zero-order chi connectivity index (χ0) is 12.4. The minimum Gasteiger partial charge on any atom is -0.425 e. The van der Waals surface area contributed by atoms with E-state index < -0.39 is 0 Å². The van der Waals surface area contributed by atoms with Crippen molar-refractivity contribution in [3.8, 4) is 11.8 Å². The first-order valence-corrected chi connectivity index (χ1v) is 6.03. The van der Waals surface area contributed by atoms with Gasteiger partial charge in [-0.3, -0.25) is 4.57 Å². The van der Waals surface area contributed by atoms with E-state index in [-0.39, 0.29) is 11.9 Å². The van der Waals surface area contributed by atoms with E-state index in [4.69, 9.17) is 4.74 Å². The number of hydrogen-bond acceptors (Lipinski definition) is 2. The second-order valence-corrected chi connectivity index (χ2v) is 4.70. The lowest BCUT2D eigenvalue weighted by Gasteiger charge is -2.12. The van der Waals surface area contributed by atoms with Crippen LogP contribution in [0, 0.1) is 5.82 Å². The Morgan fingerprint density at radius 1 is 1.29 bits per heavy atom. The van der Waals surface area contributed by atoms with Crippen molar-refractivity contribution in [2.24, 2.45) is 0 Å². The lowest BCUT2D eigenvalue weighted by molar-refractivity contribution is 0.392. The fourth-order valence-corrected chi connectivity index (χ4v) is 2.14. The first-order valence-electron chi connectivity index (χ1n) is 5.24. The van der Waals surface area contributed by atoms with Crippen molar-refractivity contribution >= 4 is 15.9 Å². The third-order valence-electron chi connectivity index (χ3n) is 2.26. The lowest BCUT2D eigenvalue weighted by Crippen LogP contribution is -2.03. The molecule has 1 heterocycles. The van der Waals surface area contributed by atoms with Crippen molar-refractivity contribution in [3.63, 3.8) is 0 Å². The van der Waals surface area contributed by atoms with Crippen molar-refractivity contribution in [2.45, 2.75) is 19.9 Å². The predicted molar refractivity (Wildman–Crippen MR) is 66.8 cm³/mol. The van der Waals surface area contributed by atoms with Crippen LogP contribution in [0.1, 0.15) is 19.9 Å². The quantitative estimate of drug-likeness (QED) is 0.851. The molecule has 2 rings (SSSR count). The average Bonchev–Trinajstić information content (AvgIpc) is 2.63. The molecule has 1 aromatic heterocycles. The van der Waals surface area contributed by atoms with Crippen LogP contribution in [-0.4, -0.2) is 9.55 Å². The number of halogens is 2. The molecule has 0 aliphatic rings. The van der Waals surface area contributed by atoms with Crippen LogP contribution in [0.2, 0.25) is 0 Å². The van der Waals surface area contributed by atoms with Gasteiger partial charge in [0.1, 0.15) is 16.2 Å². The molecular weight excluding hydrogens is 287 g/mol. The Morgan fingerprint density at radius 2 is 1.94 bits per heavy atom. The largest absolute Gasteiger partial charge is 0.425 e. The van der Waals surface area contributed by atoms with Gasteiger partial charge in [0.2, 0.25) is 0 Å². The number of hydrogen-bond donors (Lipinski definition) is 0. The van der Waals surface area contributed by atoms with Crippen LogP contribution in [0.3, 0.4) is 0 Å². The Morgan fingerprint density at radius 3 is 2.53 bits per heavy atom. The van der Waals surface area contributed by atoms with Crippen LogP contribution in [-0.2, 0) is 0 Å². The number of nitrogens with zero attached hydrogens (tertiary/aromatic N) is 2. The number of rotatable bonds is 3. The first kappa shape index (κ1) is 12.1. The minimum absolute atomic E-state index is 0.224. The summed E-state index contributed by atoms with van der Waals surface area (Å²) in [4.78, 5) is 4.15. The Hall–Kier alpha value is -1.36. The summed E-state index contributed by atoms with van der Waals surface area (Å²) in [6, 6.07) is 6.56. The monoisotopic (exact) mass is 298 g/mol. The van der Waals surface area contributed by atoms with E-state index in [0.717, 1.165) is 4.60 Å². The van der Waals surface area contributed by atoms with Crippen LogP contribution in [0.25, 0.3) is 0 Å². The number of benzene rings is 1. The molecule has 0 N–H and O–H groups in total. The van der Waals surface area contributed by atoms with Crippen molar-refractivity contribution in [1.82, 2.24) is 9.55 Å². The molecule has 0 saturated heterocycles. The summed E-state index contributed by atoms with van der Waals surface area (Å²) in [6.07, 6.45) is 1.68. The lowest BCUT2D eigenvalue weighted by atomic mass is 10.3. The summed E-state index contributed by atoms with van der Waals surface area (Å²) in [5.74, 6) is 0.275. The van der Waals surface area contributed by atoms with Gasteiger partial charge in [-0.2, -0.15) is 0 Å². The predicted octanol–water partition coefficient (Wildman–Crippen LogP) is 4.16. The Kier molecular flexibility index (Phi) is 3.47. The van der Waals surface area contributed by atoms with E-state index in [9.17, 15) is 4.39 Å². The second kappa shape index (κ2) is 4.87. The van der Waals surface area contributed by atoms with Crippen LogP contribution in [0.15, 0.2) is 35.1 Å². The molecule has 3 nitrogen and oxygen atoms in total. The molecule has 0 spiro atoms. The molecule has 0 bridgehead atoms. The second-order valence-electron chi connectivity index (χ2n) is 3.88. The summed E-state index contributed by atoms with van der Waals surface area (Å²) in [5, 5.41) is 0. The van der Waals surface area contributed by atoms with E-state index in [1.807, 2.05) is 18.4 Å². The third kappa shape index (κ3) is 2.66. The van der Waals surface area contributed by atoms with Crippen molar-refractivity contribution in [3.05, 3.63) is 40.9 Å². The van der Waals surface area contributed by atoms with Crippen LogP contribution < -0.4 is 4.74 Å². The fraction of sp³-hybridized carbons (Fsp3) is 0.250. The molecule has 0 unspecified atom stereocenters. The SMILES string of the molecule is CC(C)n1c(Br)cnc1Oc1ccc(F)cc1. The third-order valence-corrected chi connectivity index (χ3v) is 2.84. The fourth-order valence-electron chi connectivity index (χ4n) is 1.48. The van der Waals surface area contributed by atoms with Gasteiger partial charge in [-0.1, -0.05) is 0 Å². The highest BCUT2D eigenvalue weighted by molar-refractivity contribution is 9.10. The van der Waals surface area contributed by atoms with Gasteiger partial charge in [0.05, 0.1) is 6.20 Å². The highest BCUT2D eigenvalue weighted by atomic mass is 79.9. The Bertz CT molecular complexity index is 508. The molecule has 90 valence electrons. The number of imidazole rings is 1. The highest BCUT2D eigenvalue weighted by Crippen LogP contribution is 2.27. The van der Waals surface area contributed by atoms with Crippen molar-refractivity contribution in [2.75, 3.05) is 0 Å². The minimum atomic E-state index is -0.286. The van der Waals surface area contributed by atoms with E-state index in [0.29, 0.717) is 11.8 Å². The average molecular weight is 299 g/mol. The standard InChI is InChI=1S/C12H12BrFN2O/c1-8(2)16-11(13)7-15-12(16)17-10-5-3-9(14)4-6-10/h3-8H,1-2H3. The zero-order valence-electron chi connectivity index (χ0n) is 9.52. The maximum atomic E-state index is 12.8. The maximum Gasteiger partial charge on any atom is 0.302 e. The van der Waals surface area contributed by atoms with E-state index in [1.54, 1.807) is 18.3 Å². The summed E-state index contributed by atoms with van der Waals surface area (Å²) in [6.45, 7) is 4.06. The van der Waals surface area contributed by atoms with Gasteiger partial charge in [-0.15, -0.1) is 0 Å². The van der Waals surface area contributed by atoms with Crippen LogP contribution >= 0.6 is 15.9 Å². The van der Waals surface area contributed by atoms with Gasteiger partial charge in [-0.05, 0) is 54.0 Å². The molecule has 17 heavy (non-hydrogen) atoms. The molecular formula is C12H12BrFN2O. The zero-order valence-corrected chi connectivity index (χ0v) is 11.1. The van der Waals surface area contributed by atoms with Gasteiger partial charge < -0.3 is 4.74 Å². The summed E-state index contributed by atoms with van der Waals surface area (Å²) in [5.41, 5.74) is 0. The summed E-state index contributed by atoms with van der Waals surface area (Å²) < 4.78 is 21.1. The van der Waals surface area contributed by atoms with Gasteiger partial charge in [0.25, 0.3) is 0 Å². The van der Waals surface area contributed by atoms with Crippen molar-refractivity contribution in [1.29, 1.82) is 0 Å². The van der Waals surface area contributed by atoms with Crippen molar-refractivity contribution < 1.29 is 9.13 Å². The molecule has 0 fully saturated rings. The normalized spacial score (nSPS) is 10.9. The number of aromatic nitrogens is 2. The van der Waals surface area contributed by atoms with Gasteiger partial charge >= 0.3 is 6.01 Å². The summed E-state index contributed by atoms with van der Waals surface area (Å²) in [7, 11) is 0. The topological polar surface area (TPSA) is 27.1 Å². The number of ether oxygens (including phenoxy) is 1. The Balaban J connectivity index is 2.27. The van der Waals surface area contributed by atoms with E-state index >= 15 is 0 Å². The molecule has 0 saturated carbocycles. The summed E-state index contributed by atoms with van der Waals surface area (Å²) >= 11 is 3.40. The molecule has 0 atom stereocenters. The molecule has 5 heteroatoms. The molecule has 1 aromatic carbocycles. The highest BCUT2D eigenvalue weighted by Gasteiger charge is 2.12. The van der Waals surface area contributed by atoms with Crippen LogP contribution in [0.4, 0.5) is 4.39 Å². The van der Waals surface area contributed by atoms with E-state index in [2.05, 4.69) is 20.9 Å². The Labute approximate surface area is 107 Å². The van der Waals surface area contributed by atoms with E-state index in [1.165, 1.54) is 12.1 Å². The maximum absolute atomic E-state index is 12.8. The first-order chi connectivity index (χ1) is 8.08. The molecule has 0 aliphatic heterocycles. The molecule has 0 amide bonds. The van der Waals surface area contributed by atoms with Crippen LogP contribution in [0.5, 0.6) is 11.8 Å². The molecule has 0 aliphatic carbocycles. The van der Waals surface area contributed by atoms with Gasteiger partial charge in [0.15, 0.2) is 0 Å². The van der Waals surface area contributed by atoms with Gasteiger partial charge in [-0.25, -0.2) is 9.37 Å². The molecule has 0 radical (unpaired) electrons. The smallest absolute Gasteiger partial charge is 0.302 e. The molecule has 2 aromatic rings.